The summed E-state index contributed by atoms with van der Waals surface area (Å²) in [7, 11) is 0. The number of anilines is 3. The van der Waals surface area contributed by atoms with Gasteiger partial charge in [-0.15, -0.1) is 11.3 Å². The molecule has 0 aliphatic carbocycles. The Kier molecular flexibility index (Phi) is 6.74. The predicted octanol–water partition coefficient (Wildman–Crippen LogP) is 4.71. The molecular weight excluding hydrogens is 452 g/mol. The Morgan fingerprint density at radius 1 is 1.03 bits per heavy atom. The number of carbonyl (C=O) groups excluding carboxylic acids is 2. The van der Waals surface area contributed by atoms with E-state index in [1.807, 2.05) is 42.5 Å². The minimum Gasteiger partial charge on any atom is -0.459 e. The highest BCUT2D eigenvalue weighted by Gasteiger charge is 2.21. The van der Waals surface area contributed by atoms with Gasteiger partial charge in [0.1, 0.15) is 16.3 Å². The molecule has 0 radical (unpaired) electrons. The minimum atomic E-state index is -0.482. The van der Waals surface area contributed by atoms with Crippen molar-refractivity contribution >= 4 is 50.5 Å². The molecule has 0 aliphatic rings. The number of esters is 1. The summed E-state index contributed by atoms with van der Waals surface area (Å²) >= 11 is 1.11. The van der Waals surface area contributed by atoms with Gasteiger partial charge in [-0.2, -0.15) is 0 Å². The van der Waals surface area contributed by atoms with Crippen LogP contribution in [0.1, 0.15) is 29.1 Å². The van der Waals surface area contributed by atoms with Crippen molar-refractivity contribution in [2.75, 3.05) is 10.6 Å². The number of hydrogen-bond donors (Lipinski definition) is 2. The topological polar surface area (TPSA) is 102 Å². The normalized spacial score (nSPS) is 10.9. The number of rotatable bonds is 7. The molecular formula is C25H24N4O4S. The van der Waals surface area contributed by atoms with Gasteiger partial charge in [0, 0.05) is 17.1 Å². The molecule has 4 rings (SSSR count). The maximum absolute atomic E-state index is 13.0. The lowest BCUT2D eigenvalue weighted by atomic mass is 10.2. The van der Waals surface area contributed by atoms with Crippen molar-refractivity contribution in [1.82, 2.24) is 9.55 Å². The van der Waals surface area contributed by atoms with Crippen LogP contribution < -0.4 is 16.2 Å². The van der Waals surface area contributed by atoms with Gasteiger partial charge < -0.3 is 15.4 Å². The number of nitrogens with zero attached hydrogens (tertiary/aromatic N) is 2. The predicted molar refractivity (Wildman–Crippen MR) is 134 cm³/mol. The van der Waals surface area contributed by atoms with E-state index in [-0.39, 0.29) is 24.1 Å². The third-order valence-electron chi connectivity index (χ3n) is 4.99. The second-order valence-corrected chi connectivity index (χ2v) is 8.98. The Hall–Kier alpha value is -3.98. The van der Waals surface area contributed by atoms with Crippen LogP contribution in [-0.4, -0.2) is 27.5 Å². The second kappa shape index (κ2) is 9.88. The van der Waals surface area contributed by atoms with Crippen LogP contribution in [0.15, 0.2) is 65.7 Å². The molecule has 2 heterocycles. The molecule has 0 saturated carbocycles. The number of para-hydroxylation sites is 1. The summed E-state index contributed by atoms with van der Waals surface area (Å²) in [4.78, 5) is 43.0. The number of amides is 1. The summed E-state index contributed by atoms with van der Waals surface area (Å²) in [6.45, 7) is 5.01. The second-order valence-electron chi connectivity index (χ2n) is 7.98. The number of ether oxygens (including phenoxy) is 1. The molecule has 1 amide bonds. The van der Waals surface area contributed by atoms with Crippen LogP contribution in [0.4, 0.5) is 17.1 Å². The molecule has 9 heteroatoms. The van der Waals surface area contributed by atoms with E-state index in [0.717, 1.165) is 22.7 Å². The molecule has 2 aromatic carbocycles. The Morgan fingerprint density at radius 3 is 2.35 bits per heavy atom. The zero-order valence-corrected chi connectivity index (χ0v) is 19.8. The lowest BCUT2D eigenvalue weighted by Crippen LogP contribution is -2.27. The third kappa shape index (κ3) is 5.15. The summed E-state index contributed by atoms with van der Waals surface area (Å²) in [5.41, 5.74) is 2.59. The van der Waals surface area contributed by atoms with Crippen molar-refractivity contribution < 1.29 is 14.3 Å². The molecule has 0 aliphatic heterocycles. The number of benzene rings is 2. The molecule has 2 aromatic heterocycles. The van der Waals surface area contributed by atoms with Crippen LogP contribution in [0, 0.1) is 6.92 Å². The third-order valence-corrected chi connectivity index (χ3v) is 6.17. The first-order valence-corrected chi connectivity index (χ1v) is 11.5. The van der Waals surface area contributed by atoms with Crippen molar-refractivity contribution in [2.45, 2.75) is 33.4 Å². The average Bonchev–Trinajstić information content (AvgIpc) is 3.14. The average molecular weight is 477 g/mol. The highest BCUT2D eigenvalue weighted by molar-refractivity contribution is 7.20. The Bertz CT molecular complexity index is 1390. The molecule has 2 N–H and O–H groups in total. The number of aryl methyl sites for hydroxylation is 1. The first kappa shape index (κ1) is 23.2. The first-order valence-electron chi connectivity index (χ1n) is 10.7. The quantitative estimate of drug-likeness (QED) is 0.375. The summed E-state index contributed by atoms with van der Waals surface area (Å²) in [6.07, 6.45) is 1.05. The minimum absolute atomic E-state index is 0.202. The van der Waals surface area contributed by atoms with Crippen LogP contribution in [0.2, 0.25) is 0 Å². The van der Waals surface area contributed by atoms with E-state index in [4.69, 9.17) is 4.74 Å². The molecule has 0 bridgehead atoms. The molecule has 174 valence electrons. The maximum Gasteiger partial charge on any atom is 0.348 e. The molecule has 8 nitrogen and oxygen atoms in total. The van der Waals surface area contributed by atoms with Crippen LogP contribution >= 0.6 is 11.3 Å². The lowest BCUT2D eigenvalue weighted by Gasteiger charge is -2.09. The largest absolute Gasteiger partial charge is 0.459 e. The monoisotopic (exact) mass is 476 g/mol. The van der Waals surface area contributed by atoms with E-state index >= 15 is 0 Å². The van der Waals surface area contributed by atoms with E-state index in [1.54, 1.807) is 32.9 Å². The van der Waals surface area contributed by atoms with Gasteiger partial charge in [-0.1, -0.05) is 18.2 Å². The van der Waals surface area contributed by atoms with E-state index in [9.17, 15) is 14.4 Å². The maximum atomic E-state index is 13.0. The summed E-state index contributed by atoms with van der Waals surface area (Å²) < 4.78 is 6.49. The smallest absolute Gasteiger partial charge is 0.348 e. The van der Waals surface area contributed by atoms with Crippen molar-refractivity contribution in [3.8, 4) is 0 Å². The van der Waals surface area contributed by atoms with Crippen LogP contribution in [0.25, 0.3) is 10.2 Å². The van der Waals surface area contributed by atoms with E-state index < -0.39 is 5.97 Å². The van der Waals surface area contributed by atoms with Crippen LogP contribution in [-0.2, 0) is 16.1 Å². The van der Waals surface area contributed by atoms with Gasteiger partial charge in [-0.05, 0) is 62.7 Å². The molecule has 34 heavy (non-hydrogen) atoms. The fourth-order valence-electron chi connectivity index (χ4n) is 3.41. The van der Waals surface area contributed by atoms with Crippen LogP contribution in [0.5, 0.6) is 0 Å². The summed E-state index contributed by atoms with van der Waals surface area (Å²) in [5, 5.41) is 6.39. The molecule has 0 fully saturated rings. The SMILES string of the molecule is Cc1c(C(=O)OC(C)C)sc2ncn(CC(=O)Nc3ccc(Nc4ccccc4)cc3)c(=O)c12. The molecule has 0 atom stereocenters. The zero-order chi connectivity index (χ0) is 24.2. The van der Waals surface area contributed by atoms with Crippen molar-refractivity contribution in [3.63, 3.8) is 0 Å². The fourth-order valence-corrected chi connectivity index (χ4v) is 4.44. The molecule has 0 unspecified atom stereocenters. The number of thiophene rings is 1. The Labute approximate surface area is 200 Å². The van der Waals surface area contributed by atoms with Gasteiger partial charge in [0.25, 0.3) is 5.56 Å². The van der Waals surface area contributed by atoms with E-state index in [1.165, 1.54) is 10.9 Å². The van der Waals surface area contributed by atoms with E-state index in [2.05, 4.69) is 15.6 Å². The number of nitrogens with one attached hydrogen (secondary N) is 2. The van der Waals surface area contributed by atoms with Gasteiger partial charge in [0.05, 0.1) is 17.8 Å². The molecule has 4 aromatic rings. The van der Waals surface area contributed by atoms with Gasteiger partial charge in [-0.25, -0.2) is 9.78 Å². The van der Waals surface area contributed by atoms with Gasteiger partial charge in [-0.3, -0.25) is 14.2 Å². The number of hydrogen-bond acceptors (Lipinski definition) is 7. The Morgan fingerprint density at radius 2 is 1.68 bits per heavy atom. The van der Waals surface area contributed by atoms with Crippen LogP contribution in [0.3, 0.4) is 0 Å². The van der Waals surface area contributed by atoms with Crippen molar-refractivity contribution in [2.24, 2.45) is 0 Å². The highest BCUT2D eigenvalue weighted by atomic mass is 32.1. The Balaban J connectivity index is 1.46. The van der Waals surface area contributed by atoms with Crippen molar-refractivity contribution in [3.05, 3.63) is 81.7 Å². The highest BCUT2D eigenvalue weighted by Crippen LogP contribution is 2.27. The van der Waals surface area contributed by atoms with Gasteiger partial charge in [0.2, 0.25) is 5.91 Å². The van der Waals surface area contributed by atoms with E-state index in [0.29, 0.717) is 26.3 Å². The summed E-state index contributed by atoms with van der Waals surface area (Å²) in [6, 6.07) is 17.0. The lowest BCUT2D eigenvalue weighted by molar-refractivity contribution is -0.116. The first-order chi connectivity index (χ1) is 16.3. The zero-order valence-electron chi connectivity index (χ0n) is 19.0. The van der Waals surface area contributed by atoms with Gasteiger partial charge >= 0.3 is 5.97 Å². The fraction of sp³-hybridized carbons (Fsp3) is 0.200. The summed E-state index contributed by atoms with van der Waals surface area (Å²) in [5.74, 6) is -0.844. The molecule has 0 saturated heterocycles. The van der Waals surface area contributed by atoms with Crippen molar-refractivity contribution in [1.29, 1.82) is 0 Å². The number of carbonyl (C=O) groups is 2. The standard InChI is InChI=1S/C25H24N4O4S/c1-15(2)33-25(32)22-16(3)21-23(34-22)26-14-29(24(21)31)13-20(30)28-19-11-9-18(10-12-19)27-17-7-5-4-6-8-17/h4-12,14-15,27H,13H2,1-3H3,(H,28,30). The number of aromatic nitrogens is 2. The molecule has 0 spiro atoms. The number of fused-ring (bicyclic) bond motifs is 1. The van der Waals surface area contributed by atoms with Gasteiger partial charge in [0.15, 0.2) is 0 Å².